The van der Waals surface area contributed by atoms with Crippen LogP contribution in [0.2, 0.25) is 0 Å². The lowest BCUT2D eigenvalue weighted by Gasteiger charge is -2.28. The first kappa shape index (κ1) is 18.2. The second kappa shape index (κ2) is 6.94. The Bertz CT molecular complexity index is 838. The number of anilines is 1. The Balaban J connectivity index is 1.97. The van der Waals surface area contributed by atoms with Crippen molar-refractivity contribution in [1.29, 1.82) is 0 Å². The fourth-order valence-electron chi connectivity index (χ4n) is 3.97. The number of fused-ring (bicyclic) bond motifs is 1. The average Bonchev–Trinajstić information content (AvgIpc) is 2.80. The molecule has 0 N–H and O–H groups in total. The van der Waals surface area contributed by atoms with Crippen LogP contribution in [0, 0.1) is 13.8 Å². The molecule has 0 saturated carbocycles. The van der Waals surface area contributed by atoms with Gasteiger partial charge in [-0.05, 0) is 43.9 Å². The van der Waals surface area contributed by atoms with E-state index in [2.05, 4.69) is 32.0 Å². The molecule has 1 amide bonds. The standard InChI is InChI=1S/C22H25NO3/c1-15-11-16(2)13-18(12-15)9-10-22(14-26-17(3)24)19-7-5-6-8-20(19)23(4)21(22)25/h5-8,11-13H,9-10,14H2,1-4H3. The first-order valence-electron chi connectivity index (χ1n) is 8.92. The Hall–Kier alpha value is -2.62. The normalized spacial score (nSPS) is 18.8. The summed E-state index contributed by atoms with van der Waals surface area (Å²) in [7, 11) is 1.79. The number of benzene rings is 2. The molecule has 2 aromatic carbocycles. The van der Waals surface area contributed by atoms with Gasteiger partial charge in [0.15, 0.2) is 0 Å². The zero-order valence-corrected chi connectivity index (χ0v) is 15.8. The molecule has 4 heteroatoms. The van der Waals surface area contributed by atoms with Crippen LogP contribution >= 0.6 is 0 Å². The number of carbonyl (C=O) groups excluding carboxylic acids is 2. The van der Waals surface area contributed by atoms with Crippen LogP contribution in [0.3, 0.4) is 0 Å². The van der Waals surface area contributed by atoms with Gasteiger partial charge in [0.25, 0.3) is 0 Å². The van der Waals surface area contributed by atoms with E-state index in [-0.39, 0.29) is 18.5 Å². The Morgan fingerprint density at radius 2 is 1.77 bits per heavy atom. The SMILES string of the molecule is CC(=O)OCC1(CCc2cc(C)cc(C)c2)C(=O)N(C)c2ccccc21. The number of esters is 1. The van der Waals surface area contributed by atoms with Gasteiger partial charge in [-0.3, -0.25) is 9.59 Å². The van der Waals surface area contributed by atoms with Gasteiger partial charge in [0.05, 0.1) is 0 Å². The van der Waals surface area contributed by atoms with Crippen molar-refractivity contribution < 1.29 is 14.3 Å². The molecule has 26 heavy (non-hydrogen) atoms. The molecule has 136 valence electrons. The van der Waals surface area contributed by atoms with Gasteiger partial charge in [-0.2, -0.15) is 0 Å². The van der Waals surface area contributed by atoms with Crippen molar-refractivity contribution in [3.8, 4) is 0 Å². The Morgan fingerprint density at radius 1 is 1.12 bits per heavy atom. The summed E-state index contributed by atoms with van der Waals surface area (Å²) in [5.41, 5.74) is 4.63. The minimum absolute atomic E-state index is 0.00988. The molecule has 0 aromatic heterocycles. The predicted octanol–water partition coefficient (Wildman–Crippen LogP) is 3.71. The lowest BCUT2D eigenvalue weighted by Crippen LogP contribution is -2.43. The maximum absolute atomic E-state index is 13.2. The van der Waals surface area contributed by atoms with Gasteiger partial charge in [-0.1, -0.05) is 47.5 Å². The number of ether oxygens (including phenoxy) is 1. The summed E-state index contributed by atoms with van der Waals surface area (Å²) >= 11 is 0. The highest BCUT2D eigenvalue weighted by molar-refractivity contribution is 6.08. The van der Waals surface area contributed by atoms with Crippen molar-refractivity contribution in [3.05, 3.63) is 64.7 Å². The van der Waals surface area contributed by atoms with Crippen LogP contribution in [0.25, 0.3) is 0 Å². The molecule has 1 unspecified atom stereocenters. The highest BCUT2D eigenvalue weighted by Crippen LogP contribution is 2.44. The maximum Gasteiger partial charge on any atom is 0.302 e. The minimum Gasteiger partial charge on any atom is -0.464 e. The fourth-order valence-corrected chi connectivity index (χ4v) is 3.97. The summed E-state index contributed by atoms with van der Waals surface area (Å²) in [6.45, 7) is 5.61. The van der Waals surface area contributed by atoms with Gasteiger partial charge in [-0.25, -0.2) is 0 Å². The van der Waals surface area contributed by atoms with Crippen molar-refractivity contribution in [2.24, 2.45) is 0 Å². The van der Waals surface area contributed by atoms with Crippen LogP contribution in [0.5, 0.6) is 0 Å². The van der Waals surface area contributed by atoms with Crippen molar-refractivity contribution >= 4 is 17.6 Å². The highest BCUT2D eigenvalue weighted by atomic mass is 16.5. The van der Waals surface area contributed by atoms with E-state index in [0.717, 1.165) is 17.7 Å². The quantitative estimate of drug-likeness (QED) is 0.772. The number of aryl methyl sites for hydroxylation is 3. The van der Waals surface area contributed by atoms with Crippen LogP contribution in [0.15, 0.2) is 42.5 Å². The number of amides is 1. The van der Waals surface area contributed by atoms with Crippen LogP contribution in [-0.4, -0.2) is 25.5 Å². The third-order valence-corrected chi connectivity index (χ3v) is 5.14. The van der Waals surface area contributed by atoms with Gasteiger partial charge < -0.3 is 9.64 Å². The molecule has 1 heterocycles. The highest BCUT2D eigenvalue weighted by Gasteiger charge is 2.50. The summed E-state index contributed by atoms with van der Waals surface area (Å²) in [6.07, 6.45) is 1.35. The monoisotopic (exact) mass is 351 g/mol. The molecule has 0 aliphatic carbocycles. The topological polar surface area (TPSA) is 46.6 Å². The van der Waals surface area contributed by atoms with E-state index in [4.69, 9.17) is 4.74 Å². The molecule has 2 aromatic rings. The van der Waals surface area contributed by atoms with Crippen LogP contribution in [-0.2, 0) is 26.2 Å². The molecule has 0 saturated heterocycles. The smallest absolute Gasteiger partial charge is 0.302 e. The number of para-hydroxylation sites is 1. The Kier molecular flexibility index (Phi) is 4.86. The molecule has 3 rings (SSSR count). The fraction of sp³-hybridized carbons (Fsp3) is 0.364. The largest absolute Gasteiger partial charge is 0.464 e. The molecule has 1 atom stereocenters. The maximum atomic E-state index is 13.2. The van der Waals surface area contributed by atoms with Crippen molar-refractivity contribution in [1.82, 2.24) is 0 Å². The molecule has 1 aliphatic heterocycles. The lowest BCUT2D eigenvalue weighted by atomic mass is 9.77. The average molecular weight is 351 g/mol. The summed E-state index contributed by atoms with van der Waals surface area (Å²) in [5.74, 6) is -0.375. The van der Waals surface area contributed by atoms with E-state index >= 15 is 0 Å². The Labute approximate surface area is 154 Å². The number of hydrogen-bond donors (Lipinski definition) is 0. The number of hydrogen-bond acceptors (Lipinski definition) is 3. The van der Waals surface area contributed by atoms with E-state index in [1.165, 1.54) is 23.6 Å². The van der Waals surface area contributed by atoms with E-state index in [1.54, 1.807) is 11.9 Å². The number of likely N-dealkylation sites (N-methyl/N-ethyl adjacent to an activating group) is 1. The van der Waals surface area contributed by atoms with Crippen LogP contribution < -0.4 is 4.90 Å². The summed E-state index contributed by atoms with van der Waals surface area (Å²) in [5, 5.41) is 0. The third kappa shape index (κ3) is 3.24. The molecule has 1 aliphatic rings. The zero-order valence-electron chi connectivity index (χ0n) is 15.8. The molecule has 4 nitrogen and oxygen atoms in total. The van der Waals surface area contributed by atoms with Crippen molar-refractivity contribution in [2.75, 3.05) is 18.6 Å². The Morgan fingerprint density at radius 3 is 2.42 bits per heavy atom. The summed E-state index contributed by atoms with van der Waals surface area (Å²) < 4.78 is 5.35. The number of rotatable bonds is 5. The molecule has 0 radical (unpaired) electrons. The predicted molar refractivity (Wildman–Crippen MR) is 102 cm³/mol. The van der Waals surface area contributed by atoms with Gasteiger partial charge in [0, 0.05) is 19.7 Å². The first-order chi connectivity index (χ1) is 12.3. The summed E-state index contributed by atoms with van der Waals surface area (Å²) in [6, 6.07) is 14.2. The van der Waals surface area contributed by atoms with E-state index in [0.29, 0.717) is 6.42 Å². The molecule has 0 fully saturated rings. The molecular formula is C22H25NO3. The lowest BCUT2D eigenvalue weighted by molar-refractivity contribution is -0.144. The third-order valence-electron chi connectivity index (χ3n) is 5.14. The van der Waals surface area contributed by atoms with Crippen LogP contribution in [0.4, 0.5) is 5.69 Å². The van der Waals surface area contributed by atoms with E-state index in [1.807, 2.05) is 24.3 Å². The van der Waals surface area contributed by atoms with Gasteiger partial charge in [0.1, 0.15) is 12.0 Å². The van der Waals surface area contributed by atoms with Gasteiger partial charge in [-0.15, -0.1) is 0 Å². The number of carbonyl (C=O) groups is 2. The van der Waals surface area contributed by atoms with Crippen molar-refractivity contribution in [2.45, 2.75) is 39.0 Å². The van der Waals surface area contributed by atoms with Crippen LogP contribution in [0.1, 0.15) is 35.6 Å². The first-order valence-corrected chi connectivity index (χ1v) is 8.92. The van der Waals surface area contributed by atoms with E-state index < -0.39 is 5.41 Å². The van der Waals surface area contributed by atoms with Crippen molar-refractivity contribution in [3.63, 3.8) is 0 Å². The zero-order chi connectivity index (χ0) is 18.9. The molecule has 0 spiro atoms. The summed E-state index contributed by atoms with van der Waals surface area (Å²) in [4.78, 5) is 26.3. The molecular weight excluding hydrogens is 326 g/mol. The molecule has 0 bridgehead atoms. The second-order valence-electron chi connectivity index (χ2n) is 7.24. The van der Waals surface area contributed by atoms with Gasteiger partial charge in [0.2, 0.25) is 5.91 Å². The second-order valence-corrected chi connectivity index (χ2v) is 7.24. The van der Waals surface area contributed by atoms with Gasteiger partial charge >= 0.3 is 5.97 Å². The minimum atomic E-state index is -0.825. The number of nitrogens with zero attached hydrogens (tertiary/aromatic N) is 1. The van der Waals surface area contributed by atoms with E-state index in [9.17, 15) is 9.59 Å².